The molecule has 5 heteroatoms. The fraction of sp³-hybridized carbons (Fsp3) is 0.636. The summed E-state index contributed by atoms with van der Waals surface area (Å²) in [5.74, 6) is 0.00458. The zero-order valence-electron chi connectivity index (χ0n) is 9.06. The van der Waals surface area contributed by atoms with Crippen molar-refractivity contribution in [2.24, 2.45) is 0 Å². The molecule has 0 saturated carbocycles. The zero-order valence-corrected chi connectivity index (χ0v) is 9.06. The van der Waals surface area contributed by atoms with Crippen molar-refractivity contribution in [3.63, 3.8) is 0 Å². The Labute approximate surface area is 93.8 Å². The number of carbonyl (C=O) groups is 1. The van der Waals surface area contributed by atoms with E-state index in [1.54, 1.807) is 6.07 Å². The number of carbonyl (C=O) groups excluding carboxylic acids is 1. The number of fused-ring (bicyclic) bond motifs is 1. The second kappa shape index (κ2) is 3.90. The molecule has 0 aromatic carbocycles. The van der Waals surface area contributed by atoms with Gasteiger partial charge in [0.25, 0.3) is 5.91 Å². The van der Waals surface area contributed by atoms with Crippen molar-refractivity contribution in [1.29, 1.82) is 0 Å². The molecule has 1 N–H and O–H groups in total. The molecule has 1 aromatic heterocycles. The van der Waals surface area contributed by atoms with E-state index in [4.69, 9.17) is 4.52 Å². The van der Waals surface area contributed by atoms with Crippen molar-refractivity contribution in [2.75, 3.05) is 13.1 Å². The number of rotatable bonds is 1. The molecule has 2 aliphatic heterocycles. The van der Waals surface area contributed by atoms with Gasteiger partial charge in [-0.1, -0.05) is 5.16 Å². The van der Waals surface area contributed by atoms with Crippen LogP contribution in [0.1, 0.15) is 29.8 Å². The Kier molecular flexibility index (Phi) is 2.40. The number of nitrogens with zero attached hydrogens (tertiary/aromatic N) is 2. The van der Waals surface area contributed by atoms with Crippen LogP contribution in [0, 0.1) is 0 Å². The first-order valence-corrected chi connectivity index (χ1v) is 5.81. The van der Waals surface area contributed by atoms with Gasteiger partial charge in [-0.3, -0.25) is 4.79 Å². The molecule has 5 nitrogen and oxygen atoms in total. The minimum atomic E-state index is 0.00458. The topological polar surface area (TPSA) is 58.4 Å². The van der Waals surface area contributed by atoms with Crippen LogP contribution in [0.25, 0.3) is 0 Å². The highest BCUT2D eigenvalue weighted by molar-refractivity contribution is 5.92. The van der Waals surface area contributed by atoms with E-state index in [0.717, 1.165) is 32.4 Å². The lowest BCUT2D eigenvalue weighted by atomic mass is 9.99. The molecule has 0 aliphatic carbocycles. The Bertz CT molecular complexity index is 377. The Balaban J connectivity index is 1.78. The van der Waals surface area contributed by atoms with Crippen LogP contribution in [0.3, 0.4) is 0 Å². The van der Waals surface area contributed by atoms with Crippen LogP contribution in [0.15, 0.2) is 16.9 Å². The Morgan fingerprint density at radius 3 is 3.31 bits per heavy atom. The first kappa shape index (κ1) is 9.84. The number of hydrogen-bond acceptors (Lipinski definition) is 4. The van der Waals surface area contributed by atoms with Crippen LogP contribution in [0.2, 0.25) is 0 Å². The van der Waals surface area contributed by atoms with Gasteiger partial charge in [0.05, 0.1) is 0 Å². The maximum Gasteiger partial charge on any atom is 0.276 e. The molecule has 2 aliphatic rings. The number of aromatic nitrogens is 1. The summed E-state index contributed by atoms with van der Waals surface area (Å²) in [6.07, 6.45) is 4.74. The van der Waals surface area contributed by atoms with Gasteiger partial charge < -0.3 is 14.7 Å². The summed E-state index contributed by atoms with van der Waals surface area (Å²) in [7, 11) is 0. The fourth-order valence-corrected chi connectivity index (χ4v) is 2.77. The molecule has 0 spiro atoms. The van der Waals surface area contributed by atoms with Gasteiger partial charge >= 0.3 is 0 Å². The van der Waals surface area contributed by atoms with E-state index in [9.17, 15) is 4.79 Å². The van der Waals surface area contributed by atoms with Crippen molar-refractivity contribution in [3.05, 3.63) is 18.0 Å². The molecule has 1 amide bonds. The molecule has 86 valence electrons. The predicted octanol–water partition coefficient (Wildman–Crippen LogP) is 0.641. The minimum Gasteiger partial charge on any atom is -0.364 e. The molecule has 0 radical (unpaired) electrons. The van der Waals surface area contributed by atoms with Gasteiger partial charge in [0.2, 0.25) is 0 Å². The molecule has 3 rings (SSSR count). The summed E-state index contributed by atoms with van der Waals surface area (Å²) in [6.45, 7) is 1.90. The summed E-state index contributed by atoms with van der Waals surface area (Å²) in [5.41, 5.74) is 0.422. The van der Waals surface area contributed by atoms with Crippen molar-refractivity contribution in [3.8, 4) is 0 Å². The highest BCUT2D eigenvalue weighted by Gasteiger charge is 2.38. The van der Waals surface area contributed by atoms with Crippen LogP contribution in [-0.4, -0.2) is 41.1 Å². The summed E-state index contributed by atoms with van der Waals surface area (Å²) >= 11 is 0. The molecule has 2 atom stereocenters. The Morgan fingerprint density at radius 2 is 2.50 bits per heavy atom. The summed E-state index contributed by atoms with van der Waals surface area (Å²) in [4.78, 5) is 14.1. The monoisotopic (exact) mass is 221 g/mol. The maximum atomic E-state index is 12.1. The van der Waals surface area contributed by atoms with Crippen LogP contribution >= 0.6 is 0 Å². The molecule has 1 aromatic rings. The Morgan fingerprint density at radius 1 is 1.56 bits per heavy atom. The fourth-order valence-electron chi connectivity index (χ4n) is 2.77. The second-order valence-electron chi connectivity index (χ2n) is 4.44. The van der Waals surface area contributed by atoms with Crippen molar-refractivity contribution in [1.82, 2.24) is 15.4 Å². The SMILES string of the molecule is O=C(c1ccon1)N1CCC2NCCCC21. The number of amides is 1. The van der Waals surface area contributed by atoms with Gasteiger partial charge in [0, 0.05) is 24.7 Å². The Hall–Kier alpha value is -1.36. The van der Waals surface area contributed by atoms with Crippen molar-refractivity contribution >= 4 is 5.91 Å². The third-order valence-electron chi connectivity index (χ3n) is 3.55. The van der Waals surface area contributed by atoms with Gasteiger partial charge in [-0.25, -0.2) is 0 Å². The lowest BCUT2D eigenvalue weighted by molar-refractivity contribution is 0.0695. The third-order valence-corrected chi connectivity index (χ3v) is 3.55. The summed E-state index contributed by atoms with van der Waals surface area (Å²) in [5, 5.41) is 7.19. The average Bonchev–Trinajstić information content (AvgIpc) is 2.98. The molecule has 16 heavy (non-hydrogen) atoms. The highest BCUT2D eigenvalue weighted by Crippen LogP contribution is 2.26. The molecule has 2 saturated heterocycles. The molecular weight excluding hydrogens is 206 g/mol. The summed E-state index contributed by atoms with van der Waals surface area (Å²) in [6, 6.07) is 2.45. The zero-order chi connectivity index (χ0) is 11.0. The van der Waals surface area contributed by atoms with Crippen LogP contribution in [0.4, 0.5) is 0 Å². The van der Waals surface area contributed by atoms with E-state index in [1.165, 1.54) is 6.26 Å². The maximum absolute atomic E-state index is 12.1. The molecule has 0 bridgehead atoms. The summed E-state index contributed by atoms with van der Waals surface area (Å²) < 4.78 is 4.72. The van der Waals surface area contributed by atoms with E-state index in [-0.39, 0.29) is 5.91 Å². The van der Waals surface area contributed by atoms with Crippen molar-refractivity contribution < 1.29 is 9.32 Å². The van der Waals surface area contributed by atoms with Crippen LogP contribution < -0.4 is 5.32 Å². The highest BCUT2D eigenvalue weighted by atomic mass is 16.5. The molecule has 2 unspecified atom stereocenters. The van der Waals surface area contributed by atoms with Crippen LogP contribution in [-0.2, 0) is 0 Å². The van der Waals surface area contributed by atoms with Crippen molar-refractivity contribution in [2.45, 2.75) is 31.3 Å². The van der Waals surface area contributed by atoms with Gasteiger partial charge in [-0.2, -0.15) is 0 Å². The second-order valence-corrected chi connectivity index (χ2v) is 4.44. The normalized spacial score (nSPS) is 29.1. The van der Waals surface area contributed by atoms with E-state index >= 15 is 0 Å². The lowest BCUT2D eigenvalue weighted by Crippen LogP contribution is -2.48. The number of likely N-dealkylation sites (tertiary alicyclic amines) is 1. The minimum absolute atomic E-state index is 0.00458. The van der Waals surface area contributed by atoms with E-state index < -0.39 is 0 Å². The average molecular weight is 221 g/mol. The van der Waals surface area contributed by atoms with E-state index in [0.29, 0.717) is 17.8 Å². The van der Waals surface area contributed by atoms with Gasteiger partial charge in [0.1, 0.15) is 6.26 Å². The predicted molar refractivity (Wildman–Crippen MR) is 57.0 cm³/mol. The largest absolute Gasteiger partial charge is 0.364 e. The van der Waals surface area contributed by atoms with E-state index in [1.807, 2.05) is 4.90 Å². The number of piperidine rings is 1. The first-order valence-electron chi connectivity index (χ1n) is 5.81. The quantitative estimate of drug-likeness (QED) is 0.756. The van der Waals surface area contributed by atoms with Gasteiger partial charge in [-0.05, 0) is 25.8 Å². The van der Waals surface area contributed by atoms with Crippen LogP contribution in [0.5, 0.6) is 0 Å². The standard InChI is InChI=1S/C11H15N3O2/c15-11(9-4-7-16-13-9)14-6-3-8-10(14)2-1-5-12-8/h4,7-8,10,12H,1-3,5-6H2. The number of hydrogen-bond donors (Lipinski definition) is 1. The lowest BCUT2D eigenvalue weighted by Gasteiger charge is -2.31. The first-order chi connectivity index (χ1) is 7.86. The third kappa shape index (κ3) is 1.51. The smallest absolute Gasteiger partial charge is 0.276 e. The number of nitrogens with one attached hydrogen (secondary N) is 1. The molecular formula is C11H15N3O2. The van der Waals surface area contributed by atoms with Gasteiger partial charge in [0.15, 0.2) is 5.69 Å². The molecule has 3 heterocycles. The van der Waals surface area contributed by atoms with E-state index in [2.05, 4.69) is 10.5 Å². The molecule has 2 fully saturated rings. The van der Waals surface area contributed by atoms with Gasteiger partial charge in [-0.15, -0.1) is 0 Å².